The van der Waals surface area contributed by atoms with Crippen LogP contribution in [-0.4, -0.2) is 19.9 Å². The Labute approximate surface area is 154 Å². The summed E-state index contributed by atoms with van der Waals surface area (Å²) >= 11 is 1.47. The summed E-state index contributed by atoms with van der Waals surface area (Å²) in [6, 6.07) is 10.3. The third-order valence-electron chi connectivity index (χ3n) is 3.71. The van der Waals surface area contributed by atoms with Crippen molar-refractivity contribution in [3.05, 3.63) is 70.7 Å². The summed E-state index contributed by atoms with van der Waals surface area (Å²) in [4.78, 5) is 3.79. The zero-order valence-corrected chi connectivity index (χ0v) is 15.5. The highest BCUT2D eigenvalue weighted by atomic mass is 32.2. The second-order valence-electron chi connectivity index (χ2n) is 5.73. The SMILES string of the molecule is Cc1ccc(-c2nc(CCNS(=O)(=O)c3cc(F)ccc3F)cs2)cc1. The van der Waals surface area contributed by atoms with E-state index in [9.17, 15) is 17.2 Å². The lowest BCUT2D eigenvalue weighted by atomic mass is 10.2. The fourth-order valence-electron chi connectivity index (χ4n) is 2.32. The summed E-state index contributed by atoms with van der Waals surface area (Å²) < 4.78 is 53.3. The number of hydrogen-bond acceptors (Lipinski definition) is 4. The van der Waals surface area contributed by atoms with Crippen LogP contribution in [0.15, 0.2) is 52.7 Å². The van der Waals surface area contributed by atoms with Crippen LogP contribution < -0.4 is 4.72 Å². The molecule has 3 aromatic rings. The number of aromatic nitrogens is 1. The fraction of sp³-hybridized carbons (Fsp3) is 0.167. The van der Waals surface area contributed by atoms with E-state index in [4.69, 9.17) is 0 Å². The maximum atomic E-state index is 13.6. The molecule has 1 N–H and O–H groups in total. The molecule has 136 valence electrons. The van der Waals surface area contributed by atoms with Gasteiger partial charge in [-0.3, -0.25) is 0 Å². The molecular formula is C18H16F2N2O2S2. The van der Waals surface area contributed by atoms with Crippen LogP contribution in [0.5, 0.6) is 0 Å². The first-order valence-corrected chi connectivity index (χ1v) is 10.2. The Morgan fingerprint density at radius 1 is 1.12 bits per heavy atom. The first-order valence-electron chi connectivity index (χ1n) is 7.81. The Balaban J connectivity index is 1.65. The molecule has 0 spiro atoms. The number of sulfonamides is 1. The van der Waals surface area contributed by atoms with Crippen molar-refractivity contribution in [2.24, 2.45) is 0 Å². The Morgan fingerprint density at radius 3 is 2.58 bits per heavy atom. The van der Waals surface area contributed by atoms with Crippen LogP contribution in [0.3, 0.4) is 0 Å². The maximum Gasteiger partial charge on any atom is 0.243 e. The van der Waals surface area contributed by atoms with E-state index in [-0.39, 0.29) is 6.54 Å². The largest absolute Gasteiger partial charge is 0.243 e. The molecule has 0 saturated carbocycles. The molecule has 0 aliphatic heterocycles. The van der Waals surface area contributed by atoms with Gasteiger partial charge in [0.05, 0.1) is 5.69 Å². The molecule has 0 amide bonds. The number of benzene rings is 2. The summed E-state index contributed by atoms with van der Waals surface area (Å²) in [6.45, 7) is 2.04. The number of aryl methyl sites for hydroxylation is 1. The minimum absolute atomic E-state index is 0.0371. The average Bonchev–Trinajstić information content (AvgIpc) is 3.06. The van der Waals surface area contributed by atoms with Crippen LogP contribution in [0, 0.1) is 18.6 Å². The van der Waals surface area contributed by atoms with E-state index < -0.39 is 26.6 Å². The average molecular weight is 394 g/mol. The first-order chi connectivity index (χ1) is 12.3. The molecule has 0 radical (unpaired) electrons. The zero-order valence-electron chi connectivity index (χ0n) is 13.9. The van der Waals surface area contributed by atoms with Crippen LogP contribution in [0.25, 0.3) is 10.6 Å². The van der Waals surface area contributed by atoms with Crippen molar-refractivity contribution in [3.63, 3.8) is 0 Å². The fourth-order valence-corrected chi connectivity index (χ4v) is 4.30. The summed E-state index contributed by atoms with van der Waals surface area (Å²) in [6.07, 6.45) is 0.346. The third-order valence-corrected chi connectivity index (χ3v) is 6.12. The minimum Gasteiger partial charge on any atom is -0.241 e. The molecule has 0 atom stereocenters. The number of halogens is 2. The number of rotatable bonds is 6. The van der Waals surface area contributed by atoms with E-state index >= 15 is 0 Å². The molecule has 0 bridgehead atoms. The quantitative estimate of drug-likeness (QED) is 0.689. The Bertz CT molecular complexity index is 1020. The normalized spacial score (nSPS) is 11.7. The van der Waals surface area contributed by atoms with E-state index in [1.54, 1.807) is 0 Å². The minimum atomic E-state index is -4.12. The van der Waals surface area contributed by atoms with Crippen LogP contribution in [-0.2, 0) is 16.4 Å². The predicted octanol–water partition coefficient (Wildman–Crippen LogP) is 3.92. The predicted molar refractivity (Wildman–Crippen MR) is 97.5 cm³/mol. The van der Waals surface area contributed by atoms with Crippen molar-refractivity contribution in [3.8, 4) is 10.6 Å². The number of nitrogens with one attached hydrogen (secondary N) is 1. The van der Waals surface area contributed by atoms with Gasteiger partial charge in [-0.1, -0.05) is 29.8 Å². The summed E-state index contributed by atoms with van der Waals surface area (Å²) in [7, 11) is -4.12. The summed E-state index contributed by atoms with van der Waals surface area (Å²) in [5.74, 6) is -1.80. The molecule has 0 aliphatic rings. The van der Waals surface area contributed by atoms with Gasteiger partial charge >= 0.3 is 0 Å². The lowest BCUT2D eigenvalue weighted by Crippen LogP contribution is -2.27. The van der Waals surface area contributed by atoms with Gasteiger partial charge < -0.3 is 0 Å². The highest BCUT2D eigenvalue weighted by Gasteiger charge is 2.19. The molecule has 2 aromatic carbocycles. The van der Waals surface area contributed by atoms with Crippen molar-refractivity contribution >= 4 is 21.4 Å². The third kappa shape index (κ3) is 4.32. The molecule has 1 heterocycles. The van der Waals surface area contributed by atoms with E-state index in [1.165, 1.54) is 11.3 Å². The number of thiazole rings is 1. The van der Waals surface area contributed by atoms with Crippen LogP contribution in [0.4, 0.5) is 8.78 Å². The Kier molecular flexibility index (Phi) is 5.45. The van der Waals surface area contributed by atoms with Crippen molar-refractivity contribution in [2.45, 2.75) is 18.2 Å². The summed E-state index contributed by atoms with van der Waals surface area (Å²) in [5, 5.41) is 2.70. The highest BCUT2D eigenvalue weighted by Crippen LogP contribution is 2.24. The van der Waals surface area contributed by atoms with Gasteiger partial charge in [-0.2, -0.15) is 0 Å². The van der Waals surface area contributed by atoms with E-state index in [1.807, 2.05) is 36.6 Å². The summed E-state index contributed by atoms with van der Waals surface area (Å²) in [5.41, 5.74) is 2.88. The highest BCUT2D eigenvalue weighted by molar-refractivity contribution is 7.89. The molecule has 0 fully saturated rings. The molecular weight excluding hydrogens is 378 g/mol. The van der Waals surface area contributed by atoms with E-state index in [0.29, 0.717) is 12.5 Å². The van der Waals surface area contributed by atoms with Crippen molar-refractivity contribution in [2.75, 3.05) is 6.54 Å². The van der Waals surface area contributed by atoms with Gasteiger partial charge in [0.15, 0.2) is 0 Å². The smallest absolute Gasteiger partial charge is 0.241 e. The number of hydrogen-bond donors (Lipinski definition) is 1. The Morgan fingerprint density at radius 2 is 1.85 bits per heavy atom. The van der Waals surface area contributed by atoms with Gasteiger partial charge in [0.2, 0.25) is 10.0 Å². The van der Waals surface area contributed by atoms with E-state index in [2.05, 4.69) is 9.71 Å². The zero-order chi connectivity index (χ0) is 18.7. The molecule has 1 aromatic heterocycles. The van der Waals surface area contributed by atoms with Crippen LogP contribution in [0.2, 0.25) is 0 Å². The van der Waals surface area contributed by atoms with Crippen LogP contribution in [0.1, 0.15) is 11.3 Å². The Hall–Kier alpha value is -2.16. The van der Waals surface area contributed by atoms with Gasteiger partial charge in [0.25, 0.3) is 0 Å². The van der Waals surface area contributed by atoms with Gasteiger partial charge in [-0.05, 0) is 25.1 Å². The second-order valence-corrected chi connectivity index (χ2v) is 8.33. The van der Waals surface area contributed by atoms with Crippen molar-refractivity contribution in [1.82, 2.24) is 9.71 Å². The number of nitrogens with zero attached hydrogens (tertiary/aromatic N) is 1. The van der Waals surface area contributed by atoms with Gasteiger partial charge in [0, 0.05) is 23.9 Å². The molecule has 3 rings (SSSR count). The second kappa shape index (κ2) is 7.61. The first kappa shape index (κ1) is 18.6. The van der Waals surface area contributed by atoms with Gasteiger partial charge in [0.1, 0.15) is 21.5 Å². The van der Waals surface area contributed by atoms with Gasteiger partial charge in [-0.15, -0.1) is 11.3 Å². The molecule has 4 nitrogen and oxygen atoms in total. The van der Waals surface area contributed by atoms with Crippen molar-refractivity contribution < 1.29 is 17.2 Å². The molecule has 0 saturated heterocycles. The lowest BCUT2D eigenvalue weighted by molar-refractivity contribution is 0.546. The molecule has 0 unspecified atom stereocenters. The maximum absolute atomic E-state index is 13.6. The van der Waals surface area contributed by atoms with Crippen LogP contribution >= 0.6 is 11.3 Å². The van der Waals surface area contributed by atoms with Crippen molar-refractivity contribution in [1.29, 1.82) is 0 Å². The molecule has 8 heteroatoms. The molecule has 26 heavy (non-hydrogen) atoms. The van der Waals surface area contributed by atoms with E-state index in [0.717, 1.165) is 34.0 Å². The topological polar surface area (TPSA) is 59.1 Å². The lowest BCUT2D eigenvalue weighted by Gasteiger charge is -2.07. The van der Waals surface area contributed by atoms with Gasteiger partial charge in [-0.25, -0.2) is 26.9 Å². The standard InChI is InChI=1S/C18H16F2N2O2S2/c1-12-2-4-13(5-3-12)18-22-15(11-25-18)8-9-21-26(23,24)17-10-14(19)6-7-16(17)20/h2-7,10-11,21H,8-9H2,1H3. The molecule has 0 aliphatic carbocycles. The monoisotopic (exact) mass is 394 g/mol.